The molecule has 0 unspecified atom stereocenters. The average molecular weight is 388 g/mol. The Morgan fingerprint density at radius 1 is 1.19 bits per heavy atom. The van der Waals surface area contributed by atoms with Crippen LogP contribution in [0, 0.1) is 5.92 Å². The molecule has 1 amide bonds. The third-order valence-corrected chi connectivity index (χ3v) is 6.02. The first-order chi connectivity index (χ1) is 12.7. The van der Waals surface area contributed by atoms with Gasteiger partial charge in [-0.25, -0.2) is 4.98 Å². The van der Waals surface area contributed by atoms with Crippen LogP contribution in [0.3, 0.4) is 0 Å². The first-order valence-corrected chi connectivity index (χ1v) is 9.93. The van der Waals surface area contributed by atoms with Gasteiger partial charge in [0.2, 0.25) is 0 Å². The summed E-state index contributed by atoms with van der Waals surface area (Å²) in [6.45, 7) is 1.18. The molecule has 0 spiro atoms. The minimum Gasteiger partial charge on any atom is -0.463 e. The second kappa shape index (κ2) is 7.53. The van der Waals surface area contributed by atoms with Gasteiger partial charge in [-0.1, -0.05) is 17.4 Å². The summed E-state index contributed by atoms with van der Waals surface area (Å²) >= 11 is 2.55. The smallest absolute Gasteiger partial charge is 0.267 e. The Morgan fingerprint density at radius 2 is 2.04 bits per heavy atom. The molecule has 6 nitrogen and oxygen atoms in total. The molecule has 0 atom stereocenters. The van der Waals surface area contributed by atoms with Gasteiger partial charge in [0.05, 0.1) is 11.1 Å². The van der Waals surface area contributed by atoms with Crippen molar-refractivity contribution in [2.75, 3.05) is 18.5 Å². The first kappa shape index (κ1) is 17.1. The third kappa shape index (κ3) is 3.48. The van der Waals surface area contributed by atoms with Crippen molar-refractivity contribution in [2.24, 2.45) is 5.92 Å². The summed E-state index contributed by atoms with van der Waals surface area (Å²) in [4.78, 5) is 30.9. The zero-order valence-electron chi connectivity index (χ0n) is 13.8. The molecular weight excluding hydrogens is 372 g/mol. The van der Waals surface area contributed by atoms with Gasteiger partial charge in [-0.15, -0.1) is 11.3 Å². The van der Waals surface area contributed by atoms with E-state index in [4.69, 9.17) is 9.15 Å². The van der Waals surface area contributed by atoms with Crippen molar-refractivity contribution >= 4 is 39.5 Å². The van der Waals surface area contributed by atoms with E-state index in [2.05, 4.69) is 10.3 Å². The Kier molecular flexibility index (Phi) is 4.96. The molecule has 1 N–H and O–H groups in total. The van der Waals surface area contributed by atoms with Crippen molar-refractivity contribution < 1.29 is 18.7 Å². The number of hydrogen-bond donors (Lipinski definition) is 1. The number of Topliss-reactive ketones (excluding diaryl/α,β-unsaturated/α-hetero) is 1. The van der Waals surface area contributed by atoms with Gasteiger partial charge in [0.25, 0.3) is 5.91 Å². The van der Waals surface area contributed by atoms with E-state index in [9.17, 15) is 9.59 Å². The SMILES string of the molecule is O=C(Nc1nc(-c2ccco2)c(C(=O)C2CCOCC2)s1)c1cccs1. The lowest BCUT2D eigenvalue weighted by Crippen LogP contribution is -2.23. The number of thiophene rings is 1. The van der Waals surface area contributed by atoms with Crippen LogP contribution in [0.4, 0.5) is 5.13 Å². The van der Waals surface area contributed by atoms with Crippen molar-refractivity contribution in [3.63, 3.8) is 0 Å². The fourth-order valence-corrected chi connectivity index (χ4v) is 4.44. The van der Waals surface area contributed by atoms with E-state index < -0.39 is 0 Å². The molecule has 1 aliphatic heterocycles. The Hall–Kier alpha value is -2.29. The number of carbonyl (C=O) groups is 2. The number of carbonyl (C=O) groups excluding carboxylic acids is 2. The second-order valence-corrected chi connectivity index (χ2v) is 7.80. The lowest BCUT2D eigenvalue weighted by atomic mass is 9.94. The standard InChI is InChI=1S/C18H16N2O4S2/c21-15(11-5-8-23-9-6-11)16-14(12-3-1-7-24-12)19-18(26-16)20-17(22)13-4-2-10-25-13/h1-4,7,10-11H,5-6,8-9H2,(H,19,20,22). The molecule has 8 heteroatoms. The second-order valence-electron chi connectivity index (χ2n) is 5.86. The molecular formula is C18H16N2O4S2. The summed E-state index contributed by atoms with van der Waals surface area (Å²) in [6.07, 6.45) is 2.94. The number of furan rings is 1. The number of anilines is 1. The van der Waals surface area contributed by atoms with Crippen molar-refractivity contribution in [3.05, 3.63) is 45.7 Å². The topological polar surface area (TPSA) is 81.4 Å². The Balaban J connectivity index is 1.64. The molecule has 26 heavy (non-hydrogen) atoms. The molecule has 0 radical (unpaired) electrons. The van der Waals surface area contributed by atoms with Crippen LogP contribution in [-0.4, -0.2) is 29.9 Å². The lowest BCUT2D eigenvalue weighted by molar-refractivity contribution is 0.0547. The van der Waals surface area contributed by atoms with Crippen LogP contribution < -0.4 is 5.32 Å². The van der Waals surface area contributed by atoms with Crippen molar-refractivity contribution in [2.45, 2.75) is 12.8 Å². The Morgan fingerprint density at radius 3 is 2.73 bits per heavy atom. The Bertz CT molecular complexity index is 894. The fraction of sp³-hybridized carbons (Fsp3) is 0.278. The molecule has 4 heterocycles. The average Bonchev–Trinajstić information content (AvgIpc) is 3.42. The molecule has 3 aromatic rings. The lowest BCUT2D eigenvalue weighted by Gasteiger charge is -2.20. The van der Waals surface area contributed by atoms with E-state index in [1.807, 2.05) is 11.4 Å². The number of ether oxygens (including phenoxy) is 1. The van der Waals surface area contributed by atoms with Gasteiger partial charge in [-0.3, -0.25) is 14.9 Å². The number of nitrogens with zero attached hydrogens (tertiary/aromatic N) is 1. The van der Waals surface area contributed by atoms with Crippen molar-refractivity contribution in [1.29, 1.82) is 0 Å². The molecule has 0 aliphatic carbocycles. The zero-order valence-corrected chi connectivity index (χ0v) is 15.4. The number of thiazole rings is 1. The summed E-state index contributed by atoms with van der Waals surface area (Å²) < 4.78 is 10.8. The first-order valence-electron chi connectivity index (χ1n) is 8.24. The zero-order chi connectivity index (χ0) is 17.9. The molecule has 0 saturated carbocycles. The van der Waals surface area contributed by atoms with Crippen LogP contribution in [0.1, 0.15) is 32.2 Å². The predicted octanol–water partition coefficient (Wildman–Crippen LogP) is 4.33. The van der Waals surface area contributed by atoms with Crippen LogP contribution in [0.15, 0.2) is 40.3 Å². The van der Waals surface area contributed by atoms with Crippen molar-refractivity contribution in [1.82, 2.24) is 4.98 Å². The summed E-state index contributed by atoms with van der Waals surface area (Å²) in [6, 6.07) is 7.08. The van der Waals surface area contributed by atoms with Gasteiger partial charge in [0.1, 0.15) is 10.6 Å². The molecule has 0 bridgehead atoms. The van der Waals surface area contributed by atoms with E-state index in [0.717, 1.165) is 0 Å². The van der Waals surface area contributed by atoms with E-state index in [-0.39, 0.29) is 17.6 Å². The maximum absolute atomic E-state index is 13.0. The highest BCUT2D eigenvalue weighted by Crippen LogP contribution is 2.35. The van der Waals surface area contributed by atoms with E-state index in [0.29, 0.717) is 52.4 Å². The van der Waals surface area contributed by atoms with Gasteiger partial charge >= 0.3 is 0 Å². The summed E-state index contributed by atoms with van der Waals surface area (Å²) in [5, 5.41) is 5.02. The number of aromatic nitrogens is 1. The van der Waals surface area contributed by atoms with E-state index in [1.165, 1.54) is 22.7 Å². The third-order valence-electron chi connectivity index (χ3n) is 4.16. The monoisotopic (exact) mass is 388 g/mol. The normalized spacial score (nSPS) is 15.1. The Labute approximate surface area is 157 Å². The minimum atomic E-state index is -0.232. The van der Waals surface area contributed by atoms with Gasteiger partial charge in [-0.05, 0) is 36.4 Å². The number of amides is 1. The maximum atomic E-state index is 13.0. The van der Waals surface area contributed by atoms with Gasteiger partial charge in [0, 0.05) is 19.1 Å². The summed E-state index contributed by atoms with van der Waals surface area (Å²) in [5.74, 6) is 0.241. The van der Waals surface area contributed by atoms with Gasteiger partial charge in [0.15, 0.2) is 16.7 Å². The molecule has 4 rings (SSSR count). The molecule has 1 fully saturated rings. The van der Waals surface area contributed by atoms with Crippen LogP contribution in [-0.2, 0) is 4.74 Å². The molecule has 0 aromatic carbocycles. The highest BCUT2D eigenvalue weighted by Gasteiger charge is 2.29. The number of ketones is 1. The van der Waals surface area contributed by atoms with Gasteiger partial charge in [-0.2, -0.15) is 0 Å². The molecule has 134 valence electrons. The van der Waals surface area contributed by atoms with Crippen LogP contribution in [0.2, 0.25) is 0 Å². The van der Waals surface area contributed by atoms with E-state index in [1.54, 1.807) is 24.5 Å². The largest absolute Gasteiger partial charge is 0.463 e. The predicted molar refractivity (Wildman–Crippen MR) is 100.0 cm³/mol. The fourth-order valence-electron chi connectivity index (χ4n) is 2.83. The van der Waals surface area contributed by atoms with Gasteiger partial charge < -0.3 is 9.15 Å². The van der Waals surface area contributed by atoms with Crippen LogP contribution in [0.25, 0.3) is 11.5 Å². The van der Waals surface area contributed by atoms with Crippen LogP contribution in [0.5, 0.6) is 0 Å². The summed E-state index contributed by atoms with van der Waals surface area (Å²) in [7, 11) is 0. The minimum absolute atomic E-state index is 0.0359. The summed E-state index contributed by atoms with van der Waals surface area (Å²) in [5.41, 5.74) is 0.484. The number of hydrogen-bond acceptors (Lipinski definition) is 7. The quantitative estimate of drug-likeness (QED) is 0.658. The van der Waals surface area contributed by atoms with E-state index >= 15 is 0 Å². The molecule has 1 aliphatic rings. The number of nitrogens with one attached hydrogen (secondary N) is 1. The maximum Gasteiger partial charge on any atom is 0.267 e. The molecule has 3 aromatic heterocycles. The highest BCUT2D eigenvalue weighted by atomic mass is 32.1. The number of rotatable bonds is 5. The van der Waals surface area contributed by atoms with Crippen molar-refractivity contribution in [3.8, 4) is 11.5 Å². The van der Waals surface area contributed by atoms with Crippen LogP contribution >= 0.6 is 22.7 Å². The molecule has 1 saturated heterocycles. The highest BCUT2D eigenvalue weighted by molar-refractivity contribution is 7.18.